The molecule has 1 N–H and O–H groups in total. The predicted molar refractivity (Wildman–Crippen MR) is 108 cm³/mol. The molecule has 1 saturated heterocycles. The van der Waals surface area contributed by atoms with E-state index in [4.69, 9.17) is 4.84 Å². The van der Waals surface area contributed by atoms with Crippen LogP contribution in [-0.4, -0.2) is 36.0 Å². The maximum absolute atomic E-state index is 12.6. The summed E-state index contributed by atoms with van der Waals surface area (Å²) in [5.41, 5.74) is 2.98. The van der Waals surface area contributed by atoms with Crippen molar-refractivity contribution in [2.75, 3.05) is 23.3 Å². The van der Waals surface area contributed by atoms with E-state index in [1.807, 2.05) is 46.4 Å². The van der Waals surface area contributed by atoms with Gasteiger partial charge in [0.1, 0.15) is 0 Å². The van der Waals surface area contributed by atoms with Crippen molar-refractivity contribution >= 4 is 23.2 Å². The quantitative estimate of drug-likeness (QED) is 0.885. The van der Waals surface area contributed by atoms with Gasteiger partial charge in [-0.15, -0.1) is 5.06 Å². The van der Waals surface area contributed by atoms with E-state index in [0.717, 1.165) is 38.0 Å². The van der Waals surface area contributed by atoms with Gasteiger partial charge in [0.25, 0.3) is 0 Å². The number of piperidine rings is 1. The van der Waals surface area contributed by atoms with Gasteiger partial charge in [-0.2, -0.15) is 0 Å². The lowest BCUT2D eigenvalue weighted by molar-refractivity contribution is -0.120. The number of nitrogens with zero attached hydrogens (tertiary/aromatic N) is 2. The van der Waals surface area contributed by atoms with Crippen LogP contribution in [0, 0.1) is 0 Å². The first-order valence-corrected chi connectivity index (χ1v) is 9.81. The smallest absolute Gasteiger partial charge is 0.227 e. The van der Waals surface area contributed by atoms with Crippen LogP contribution in [-0.2, 0) is 16.0 Å². The first kappa shape index (κ1) is 18.5. The van der Waals surface area contributed by atoms with E-state index in [1.54, 1.807) is 0 Å². The third-order valence-electron chi connectivity index (χ3n) is 5.34. The van der Waals surface area contributed by atoms with Crippen LogP contribution in [0.5, 0.6) is 5.75 Å². The van der Waals surface area contributed by atoms with Gasteiger partial charge in [0.2, 0.25) is 11.8 Å². The van der Waals surface area contributed by atoms with Crippen LogP contribution >= 0.6 is 0 Å². The molecule has 1 fully saturated rings. The Bertz CT molecular complexity index is 875. The summed E-state index contributed by atoms with van der Waals surface area (Å²) in [6, 6.07) is 15.8. The maximum atomic E-state index is 12.6. The number of hydroxylamine groups is 2. The largest absolute Gasteiger partial charge is 0.404 e. The van der Waals surface area contributed by atoms with Crippen LogP contribution < -0.4 is 15.1 Å². The third-order valence-corrected chi connectivity index (χ3v) is 5.34. The van der Waals surface area contributed by atoms with E-state index in [-0.39, 0.29) is 17.9 Å². The van der Waals surface area contributed by atoms with Crippen molar-refractivity contribution < 1.29 is 14.4 Å². The summed E-state index contributed by atoms with van der Waals surface area (Å²) in [5.74, 6) is 0.724. The summed E-state index contributed by atoms with van der Waals surface area (Å²) in [6.45, 7) is 2.94. The Morgan fingerprint density at radius 2 is 1.75 bits per heavy atom. The fourth-order valence-corrected chi connectivity index (χ4v) is 4.02. The average molecular weight is 379 g/mol. The molecule has 2 aliphatic heterocycles. The Morgan fingerprint density at radius 1 is 1.04 bits per heavy atom. The van der Waals surface area contributed by atoms with Gasteiger partial charge in [-0.25, -0.2) is 0 Å². The highest BCUT2D eigenvalue weighted by molar-refractivity contribution is 5.97. The molecule has 0 atom stereocenters. The van der Waals surface area contributed by atoms with E-state index in [9.17, 15) is 9.59 Å². The summed E-state index contributed by atoms with van der Waals surface area (Å²) in [7, 11) is 0. The van der Waals surface area contributed by atoms with Crippen molar-refractivity contribution in [3.05, 3.63) is 54.1 Å². The van der Waals surface area contributed by atoms with Gasteiger partial charge in [0.05, 0.1) is 5.69 Å². The number of hydrogen-bond donors (Lipinski definition) is 1. The Kier molecular flexibility index (Phi) is 5.30. The number of aryl methyl sites for hydroxylation is 1. The average Bonchev–Trinajstić information content (AvgIpc) is 2.70. The number of amides is 2. The molecule has 4 rings (SSSR count). The predicted octanol–water partition coefficient (Wildman–Crippen LogP) is 3.38. The van der Waals surface area contributed by atoms with Crippen molar-refractivity contribution in [2.24, 2.45) is 0 Å². The highest BCUT2D eigenvalue weighted by Gasteiger charge is 2.33. The molecule has 2 heterocycles. The highest BCUT2D eigenvalue weighted by Crippen LogP contribution is 2.33. The molecule has 6 nitrogen and oxygen atoms in total. The molecule has 2 aromatic carbocycles. The minimum absolute atomic E-state index is 0.128. The number of fused-ring (bicyclic) bond motifs is 1. The lowest BCUT2D eigenvalue weighted by Gasteiger charge is -2.40. The molecule has 2 aliphatic rings. The second-order valence-electron chi connectivity index (χ2n) is 7.32. The molecule has 0 radical (unpaired) electrons. The zero-order chi connectivity index (χ0) is 19.5. The van der Waals surface area contributed by atoms with Crippen LogP contribution in [0.3, 0.4) is 0 Å². The van der Waals surface area contributed by atoms with E-state index < -0.39 is 0 Å². The first-order chi connectivity index (χ1) is 13.6. The van der Waals surface area contributed by atoms with Crippen LogP contribution in [0.1, 0.15) is 31.7 Å². The standard InChI is InChI=1S/C22H25N3O3/c1-16(26)23-19-7-3-5-9-21(19)28-24-14-12-18(13-15-24)25-20-8-4-2-6-17(20)10-11-22(25)27/h2-9,18H,10-15H2,1H3,(H,23,26). The first-order valence-electron chi connectivity index (χ1n) is 9.81. The number of carbonyl (C=O) groups excluding carboxylic acids is 2. The van der Waals surface area contributed by atoms with Gasteiger partial charge in [-0.3, -0.25) is 9.59 Å². The van der Waals surface area contributed by atoms with Crippen LogP contribution in [0.2, 0.25) is 0 Å². The second kappa shape index (κ2) is 8.02. The fourth-order valence-electron chi connectivity index (χ4n) is 4.02. The minimum Gasteiger partial charge on any atom is -0.404 e. The van der Waals surface area contributed by atoms with Gasteiger partial charge >= 0.3 is 0 Å². The molecule has 2 amide bonds. The van der Waals surface area contributed by atoms with E-state index in [1.165, 1.54) is 12.5 Å². The number of para-hydroxylation sites is 3. The molecule has 2 aromatic rings. The van der Waals surface area contributed by atoms with Crippen LogP contribution in [0.15, 0.2) is 48.5 Å². The maximum Gasteiger partial charge on any atom is 0.227 e. The molecule has 0 spiro atoms. The summed E-state index contributed by atoms with van der Waals surface area (Å²) >= 11 is 0. The topological polar surface area (TPSA) is 61.9 Å². The number of carbonyl (C=O) groups is 2. The number of anilines is 2. The van der Waals surface area contributed by atoms with Crippen molar-refractivity contribution in [3.63, 3.8) is 0 Å². The van der Waals surface area contributed by atoms with E-state index >= 15 is 0 Å². The molecule has 0 saturated carbocycles. The van der Waals surface area contributed by atoms with Crippen molar-refractivity contribution in [1.29, 1.82) is 0 Å². The molecule has 0 aromatic heterocycles. The van der Waals surface area contributed by atoms with Gasteiger partial charge < -0.3 is 15.1 Å². The van der Waals surface area contributed by atoms with Gasteiger partial charge in [-0.1, -0.05) is 30.3 Å². The van der Waals surface area contributed by atoms with Crippen molar-refractivity contribution in [3.8, 4) is 5.75 Å². The lowest BCUT2D eigenvalue weighted by atomic mass is 9.96. The molecule has 6 heteroatoms. The zero-order valence-corrected chi connectivity index (χ0v) is 16.1. The van der Waals surface area contributed by atoms with Crippen molar-refractivity contribution in [2.45, 2.75) is 38.6 Å². The number of nitrogens with one attached hydrogen (secondary N) is 1. The Balaban J connectivity index is 1.42. The van der Waals surface area contributed by atoms with Gasteiger partial charge in [0.15, 0.2) is 5.75 Å². The zero-order valence-electron chi connectivity index (χ0n) is 16.1. The Labute approximate surface area is 165 Å². The molecule has 0 unspecified atom stereocenters. The van der Waals surface area contributed by atoms with Crippen LogP contribution in [0.25, 0.3) is 0 Å². The number of hydrogen-bond acceptors (Lipinski definition) is 4. The van der Waals surface area contributed by atoms with Crippen molar-refractivity contribution in [1.82, 2.24) is 5.06 Å². The van der Waals surface area contributed by atoms with E-state index in [0.29, 0.717) is 17.9 Å². The van der Waals surface area contributed by atoms with Gasteiger partial charge in [0, 0.05) is 38.2 Å². The second-order valence-corrected chi connectivity index (χ2v) is 7.32. The SMILES string of the molecule is CC(=O)Nc1ccccc1ON1CCC(N2C(=O)CCc3ccccc32)CC1. The molecule has 0 bridgehead atoms. The van der Waals surface area contributed by atoms with Crippen LogP contribution in [0.4, 0.5) is 11.4 Å². The molecule has 28 heavy (non-hydrogen) atoms. The van der Waals surface area contributed by atoms with E-state index in [2.05, 4.69) is 17.4 Å². The monoisotopic (exact) mass is 379 g/mol. The summed E-state index contributed by atoms with van der Waals surface area (Å²) in [5, 5.41) is 4.71. The normalized spacial score (nSPS) is 17.9. The minimum atomic E-state index is -0.128. The summed E-state index contributed by atoms with van der Waals surface area (Å²) in [6.07, 6.45) is 3.11. The third kappa shape index (κ3) is 3.87. The molecule has 146 valence electrons. The number of benzene rings is 2. The molecular weight excluding hydrogens is 354 g/mol. The summed E-state index contributed by atoms with van der Waals surface area (Å²) in [4.78, 5) is 32.0. The Morgan fingerprint density at radius 3 is 2.54 bits per heavy atom. The molecule has 0 aliphatic carbocycles. The Hall–Kier alpha value is -2.86. The molecular formula is C22H25N3O3. The van der Waals surface area contributed by atoms with Gasteiger partial charge in [-0.05, 0) is 43.0 Å². The lowest BCUT2D eigenvalue weighted by Crippen LogP contribution is -2.49. The number of rotatable bonds is 4. The fraction of sp³-hybridized carbons (Fsp3) is 0.364. The summed E-state index contributed by atoms with van der Waals surface area (Å²) < 4.78 is 0. The highest BCUT2D eigenvalue weighted by atomic mass is 16.7.